The zero-order valence-corrected chi connectivity index (χ0v) is 16.9. The molecule has 4 nitrogen and oxygen atoms in total. The topological polar surface area (TPSA) is 36.9 Å². The van der Waals surface area contributed by atoms with Crippen molar-refractivity contribution in [2.24, 2.45) is 0 Å². The molecular formula is C20H23BClFO4. The van der Waals surface area contributed by atoms with Gasteiger partial charge < -0.3 is 18.8 Å². The normalized spacial score (nSPS) is 17.8. The quantitative estimate of drug-likeness (QED) is 0.708. The van der Waals surface area contributed by atoms with Crippen LogP contribution in [0.1, 0.15) is 33.3 Å². The summed E-state index contributed by atoms with van der Waals surface area (Å²) in [5, 5.41) is 0.0862. The molecule has 0 spiro atoms. The standard InChI is InChI=1S/C20H23BClFO4/c1-19(2)20(3,4)27-21(26-19)14-7-9-17(18(11-14)24-5)25-12-13-6-8-15(22)16(23)10-13/h6-11H,12H2,1-5H3. The molecule has 0 amide bonds. The summed E-state index contributed by atoms with van der Waals surface area (Å²) in [5.74, 6) is 0.630. The van der Waals surface area contributed by atoms with Crippen molar-refractivity contribution in [2.75, 3.05) is 7.11 Å². The fourth-order valence-electron chi connectivity index (χ4n) is 2.72. The van der Waals surface area contributed by atoms with Gasteiger partial charge in [-0.25, -0.2) is 4.39 Å². The molecule has 2 aromatic rings. The van der Waals surface area contributed by atoms with Gasteiger partial charge in [0.05, 0.1) is 23.3 Å². The molecule has 3 rings (SSSR count). The van der Waals surface area contributed by atoms with Crippen LogP contribution in [0, 0.1) is 5.82 Å². The number of ether oxygens (including phenoxy) is 2. The molecule has 2 aromatic carbocycles. The number of methoxy groups -OCH3 is 1. The maximum absolute atomic E-state index is 13.6. The molecule has 0 saturated carbocycles. The maximum atomic E-state index is 13.6. The van der Waals surface area contributed by atoms with E-state index in [4.69, 9.17) is 30.4 Å². The number of hydrogen-bond donors (Lipinski definition) is 0. The first-order valence-corrected chi connectivity index (χ1v) is 9.11. The zero-order valence-electron chi connectivity index (χ0n) is 16.1. The predicted octanol–water partition coefficient (Wildman–Crippen LogP) is 4.37. The van der Waals surface area contributed by atoms with Crippen LogP contribution in [0.4, 0.5) is 4.39 Å². The molecule has 1 saturated heterocycles. The maximum Gasteiger partial charge on any atom is 0.494 e. The molecule has 0 radical (unpaired) electrons. The first-order chi connectivity index (χ1) is 12.6. The van der Waals surface area contributed by atoms with Crippen molar-refractivity contribution in [3.05, 3.63) is 52.8 Å². The molecule has 27 heavy (non-hydrogen) atoms. The molecule has 0 atom stereocenters. The zero-order chi connectivity index (χ0) is 19.8. The van der Waals surface area contributed by atoms with E-state index in [9.17, 15) is 4.39 Å². The lowest BCUT2D eigenvalue weighted by atomic mass is 9.79. The van der Waals surface area contributed by atoms with Crippen LogP contribution in [0.25, 0.3) is 0 Å². The highest BCUT2D eigenvalue weighted by atomic mass is 35.5. The van der Waals surface area contributed by atoms with E-state index in [1.54, 1.807) is 19.2 Å². The molecule has 0 bridgehead atoms. The Bertz CT molecular complexity index is 825. The Morgan fingerprint density at radius 1 is 1.00 bits per heavy atom. The van der Waals surface area contributed by atoms with Crippen LogP contribution in [-0.4, -0.2) is 25.4 Å². The van der Waals surface area contributed by atoms with Crippen molar-refractivity contribution in [1.82, 2.24) is 0 Å². The van der Waals surface area contributed by atoms with Crippen molar-refractivity contribution in [3.8, 4) is 11.5 Å². The summed E-state index contributed by atoms with van der Waals surface area (Å²) >= 11 is 5.71. The van der Waals surface area contributed by atoms with Crippen molar-refractivity contribution in [3.63, 3.8) is 0 Å². The third-order valence-electron chi connectivity index (χ3n) is 5.09. The summed E-state index contributed by atoms with van der Waals surface area (Å²) in [6, 6.07) is 10.1. The first kappa shape index (κ1) is 20.0. The van der Waals surface area contributed by atoms with E-state index in [0.29, 0.717) is 17.1 Å². The summed E-state index contributed by atoms with van der Waals surface area (Å²) in [7, 11) is 1.08. The van der Waals surface area contributed by atoms with Gasteiger partial charge in [0.1, 0.15) is 12.4 Å². The molecule has 0 unspecified atom stereocenters. The average Bonchev–Trinajstić information content (AvgIpc) is 2.83. The summed E-state index contributed by atoms with van der Waals surface area (Å²) in [4.78, 5) is 0. The van der Waals surface area contributed by atoms with E-state index >= 15 is 0 Å². The lowest BCUT2D eigenvalue weighted by Gasteiger charge is -2.32. The second kappa shape index (κ2) is 7.34. The molecule has 0 aromatic heterocycles. The molecule has 0 N–H and O–H groups in total. The van der Waals surface area contributed by atoms with E-state index in [1.807, 2.05) is 39.8 Å². The molecule has 1 aliphatic rings. The Kier molecular flexibility index (Phi) is 5.44. The van der Waals surface area contributed by atoms with Crippen LogP contribution in [0.3, 0.4) is 0 Å². The van der Waals surface area contributed by atoms with Crippen molar-refractivity contribution >= 4 is 24.2 Å². The van der Waals surface area contributed by atoms with E-state index in [1.165, 1.54) is 12.1 Å². The van der Waals surface area contributed by atoms with Crippen molar-refractivity contribution in [2.45, 2.75) is 45.5 Å². The van der Waals surface area contributed by atoms with Crippen molar-refractivity contribution in [1.29, 1.82) is 0 Å². The van der Waals surface area contributed by atoms with Crippen LogP contribution in [0.15, 0.2) is 36.4 Å². The van der Waals surface area contributed by atoms with Gasteiger partial charge in [0.15, 0.2) is 11.5 Å². The minimum Gasteiger partial charge on any atom is -0.493 e. The molecule has 7 heteroatoms. The monoisotopic (exact) mass is 392 g/mol. The minimum absolute atomic E-state index is 0.0862. The molecule has 144 valence electrons. The molecule has 1 heterocycles. The summed E-state index contributed by atoms with van der Waals surface area (Å²) in [6.07, 6.45) is 0. The Morgan fingerprint density at radius 3 is 2.26 bits per heavy atom. The highest BCUT2D eigenvalue weighted by molar-refractivity contribution is 6.62. The van der Waals surface area contributed by atoms with Gasteiger partial charge in [-0.2, -0.15) is 0 Å². The third kappa shape index (κ3) is 4.08. The van der Waals surface area contributed by atoms with Crippen LogP contribution < -0.4 is 14.9 Å². The Morgan fingerprint density at radius 2 is 1.67 bits per heavy atom. The predicted molar refractivity (Wildman–Crippen MR) is 104 cm³/mol. The van der Waals surface area contributed by atoms with Gasteiger partial charge in [-0.05, 0) is 63.0 Å². The van der Waals surface area contributed by atoms with E-state index in [-0.39, 0.29) is 11.6 Å². The lowest BCUT2D eigenvalue weighted by molar-refractivity contribution is 0.00578. The van der Waals surface area contributed by atoms with Gasteiger partial charge in [-0.1, -0.05) is 23.7 Å². The van der Waals surface area contributed by atoms with Gasteiger partial charge in [0.25, 0.3) is 0 Å². The van der Waals surface area contributed by atoms with Gasteiger partial charge in [-0.3, -0.25) is 0 Å². The Labute approximate surface area is 164 Å². The van der Waals surface area contributed by atoms with Gasteiger partial charge in [-0.15, -0.1) is 0 Å². The van der Waals surface area contributed by atoms with Crippen LogP contribution in [0.2, 0.25) is 5.02 Å². The van der Waals surface area contributed by atoms with E-state index in [0.717, 1.165) is 5.46 Å². The SMILES string of the molecule is COc1cc(B2OC(C)(C)C(C)(C)O2)ccc1OCc1ccc(Cl)c(F)c1. The summed E-state index contributed by atoms with van der Waals surface area (Å²) < 4.78 is 36.9. The van der Waals surface area contributed by atoms with Crippen LogP contribution in [0.5, 0.6) is 11.5 Å². The minimum atomic E-state index is -0.483. The largest absolute Gasteiger partial charge is 0.494 e. The van der Waals surface area contributed by atoms with Crippen molar-refractivity contribution < 1.29 is 23.2 Å². The number of rotatable bonds is 5. The van der Waals surface area contributed by atoms with E-state index < -0.39 is 24.1 Å². The molecule has 1 aliphatic heterocycles. The third-order valence-corrected chi connectivity index (χ3v) is 5.40. The number of benzene rings is 2. The van der Waals surface area contributed by atoms with Gasteiger partial charge in [0.2, 0.25) is 0 Å². The molecule has 1 fully saturated rings. The smallest absolute Gasteiger partial charge is 0.493 e. The highest BCUT2D eigenvalue weighted by Gasteiger charge is 2.51. The number of hydrogen-bond acceptors (Lipinski definition) is 4. The molecule has 0 aliphatic carbocycles. The van der Waals surface area contributed by atoms with Crippen LogP contribution in [-0.2, 0) is 15.9 Å². The summed E-state index contributed by atoms with van der Waals surface area (Å²) in [6.45, 7) is 8.22. The Balaban J connectivity index is 1.76. The summed E-state index contributed by atoms with van der Waals surface area (Å²) in [5.41, 5.74) is 0.682. The fraction of sp³-hybridized carbons (Fsp3) is 0.400. The van der Waals surface area contributed by atoms with Crippen LogP contribution >= 0.6 is 11.6 Å². The number of halogens is 2. The van der Waals surface area contributed by atoms with E-state index in [2.05, 4.69) is 0 Å². The second-order valence-electron chi connectivity index (χ2n) is 7.54. The fourth-order valence-corrected chi connectivity index (χ4v) is 2.84. The average molecular weight is 393 g/mol. The molecular weight excluding hydrogens is 369 g/mol. The highest BCUT2D eigenvalue weighted by Crippen LogP contribution is 2.37. The van der Waals surface area contributed by atoms with Gasteiger partial charge in [0, 0.05) is 0 Å². The Hall–Kier alpha value is -1.76. The second-order valence-corrected chi connectivity index (χ2v) is 7.94. The van der Waals surface area contributed by atoms with Gasteiger partial charge >= 0.3 is 7.12 Å². The first-order valence-electron chi connectivity index (χ1n) is 8.73. The lowest BCUT2D eigenvalue weighted by Crippen LogP contribution is -2.41.